The fourth-order valence-electron chi connectivity index (χ4n) is 3.37. The first-order valence-corrected chi connectivity index (χ1v) is 7.22. The lowest BCUT2D eigenvalue weighted by atomic mass is 9.95. The van der Waals surface area contributed by atoms with Crippen molar-refractivity contribution >= 4 is 11.9 Å². The highest BCUT2D eigenvalue weighted by Gasteiger charge is 2.34. The molecule has 2 rings (SSSR count). The second kappa shape index (κ2) is 5.90. The highest BCUT2D eigenvalue weighted by Crippen LogP contribution is 2.24. The molecule has 2 unspecified atom stereocenters. The normalized spacial score (nSPS) is 29.1. The van der Waals surface area contributed by atoms with E-state index in [0.29, 0.717) is 18.6 Å². The van der Waals surface area contributed by atoms with Gasteiger partial charge in [-0.25, -0.2) is 0 Å². The lowest BCUT2D eigenvalue weighted by Gasteiger charge is -2.43. The molecule has 2 atom stereocenters. The van der Waals surface area contributed by atoms with Gasteiger partial charge in [0.2, 0.25) is 5.91 Å². The Balaban J connectivity index is 1.77. The molecule has 0 spiro atoms. The number of nitrogens with zero attached hydrogens (tertiary/aromatic N) is 2. The molecule has 2 heterocycles. The van der Waals surface area contributed by atoms with Gasteiger partial charge in [-0.2, -0.15) is 0 Å². The number of carboxylic acids is 1. The van der Waals surface area contributed by atoms with Crippen LogP contribution in [-0.4, -0.2) is 58.5 Å². The molecule has 2 fully saturated rings. The van der Waals surface area contributed by atoms with E-state index in [1.807, 2.05) is 4.90 Å². The van der Waals surface area contributed by atoms with Crippen molar-refractivity contribution in [2.45, 2.75) is 51.6 Å². The Hall–Kier alpha value is -1.10. The van der Waals surface area contributed by atoms with Crippen molar-refractivity contribution in [2.75, 3.05) is 19.6 Å². The molecule has 5 heteroatoms. The van der Waals surface area contributed by atoms with Crippen LogP contribution in [0, 0.1) is 5.92 Å². The van der Waals surface area contributed by atoms with Gasteiger partial charge in [0.05, 0.1) is 13.0 Å². The molecule has 19 heavy (non-hydrogen) atoms. The van der Waals surface area contributed by atoms with E-state index in [4.69, 9.17) is 5.11 Å². The number of likely N-dealkylation sites (tertiary alicyclic amines) is 2. The Labute approximate surface area is 114 Å². The first-order chi connectivity index (χ1) is 8.97. The van der Waals surface area contributed by atoms with Gasteiger partial charge in [0.25, 0.3) is 0 Å². The van der Waals surface area contributed by atoms with Gasteiger partial charge >= 0.3 is 5.97 Å². The second-order valence-corrected chi connectivity index (χ2v) is 6.09. The third-order valence-electron chi connectivity index (χ3n) is 4.34. The standard InChI is InChI=1S/C14H24N2O3/c1-10-4-3-5-11(2)16(10)13(17)9-15-7-12(8-15)6-14(18)19/h10-12H,3-9H2,1-2H3,(H,18,19). The first kappa shape index (κ1) is 14.3. The van der Waals surface area contributed by atoms with Gasteiger partial charge in [-0.05, 0) is 39.0 Å². The van der Waals surface area contributed by atoms with Crippen LogP contribution in [0.2, 0.25) is 0 Å². The average Bonchev–Trinajstić information content (AvgIpc) is 2.25. The maximum Gasteiger partial charge on any atom is 0.303 e. The van der Waals surface area contributed by atoms with Crippen LogP contribution in [0.3, 0.4) is 0 Å². The number of hydrogen-bond acceptors (Lipinski definition) is 3. The molecule has 0 aliphatic carbocycles. The molecular formula is C14H24N2O3. The van der Waals surface area contributed by atoms with Crippen LogP contribution in [-0.2, 0) is 9.59 Å². The van der Waals surface area contributed by atoms with E-state index in [2.05, 4.69) is 18.7 Å². The summed E-state index contributed by atoms with van der Waals surface area (Å²) < 4.78 is 0. The number of hydrogen-bond donors (Lipinski definition) is 1. The Morgan fingerprint density at radius 1 is 1.16 bits per heavy atom. The summed E-state index contributed by atoms with van der Waals surface area (Å²) in [6, 6.07) is 0.680. The van der Waals surface area contributed by atoms with Crippen LogP contribution in [0.15, 0.2) is 0 Å². The summed E-state index contributed by atoms with van der Waals surface area (Å²) in [5.74, 6) is -0.316. The van der Waals surface area contributed by atoms with Crippen molar-refractivity contribution in [3.8, 4) is 0 Å². The number of carboxylic acid groups (broad SMARTS) is 1. The van der Waals surface area contributed by atoms with E-state index in [-0.39, 0.29) is 18.2 Å². The van der Waals surface area contributed by atoms with Crippen molar-refractivity contribution < 1.29 is 14.7 Å². The fourth-order valence-corrected chi connectivity index (χ4v) is 3.37. The summed E-state index contributed by atoms with van der Waals surface area (Å²) in [5, 5.41) is 8.70. The number of piperidine rings is 1. The molecule has 0 aromatic heterocycles. The van der Waals surface area contributed by atoms with E-state index in [1.54, 1.807) is 0 Å². The number of carbonyl (C=O) groups is 2. The Kier molecular flexibility index (Phi) is 4.45. The zero-order chi connectivity index (χ0) is 14.0. The summed E-state index contributed by atoms with van der Waals surface area (Å²) in [6.45, 7) is 6.18. The van der Waals surface area contributed by atoms with Crippen molar-refractivity contribution in [3.63, 3.8) is 0 Å². The van der Waals surface area contributed by atoms with Gasteiger partial charge in [0.1, 0.15) is 0 Å². The summed E-state index contributed by atoms with van der Waals surface area (Å²) >= 11 is 0. The van der Waals surface area contributed by atoms with Crippen molar-refractivity contribution in [3.05, 3.63) is 0 Å². The van der Waals surface area contributed by atoms with E-state index in [1.165, 1.54) is 6.42 Å². The largest absolute Gasteiger partial charge is 0.481 e. The molecular weight excluding hydrogens is 244 g/mol. The molecule has 2 saturated heterocycles. The molecule has 2 aliphatic heterocycles. The fraction of sp³-hybridized carbons (Fsp3) is 0.857. The van der Waals surface area contributed by atoms with Crippen LogP contribution >= 0.6 is 0 Å². The maximum absolute atomic E-state index is 12.3. The van der Waals surface area contributed by atoms with Gasteiger partial charge in [-0.1, -0.05) is 0 Å². The minimum atomic E-state index is -0.741. The average molecular weight is 268 g/mol. The smallest absolute Gasteiger partial charge is 0.303 e. The van der Waals surface area contributed by atoms with E-state index in [9.17, 15) is 9.59 Å². The summed E-state index contributed by atoms with van der Waals surface area (Å²) in [4.78, 5) is 27.0. The molecule has 1 N–H and O–H groups in total. The molecule has 2 aliphatic rings. The molecule has 0 radical (unpaired) electrons. The Morgan fingerprint density at radius 3 is 2.26 bits per heavy atom. The van der Waals surface area contributed by atoms with Crippen molar-refractivity contribution in [1.82, 2.24) is 9.80 Å². The Morgan fingerprint density at radius 2 is 1.74 bits per heavy atom. The highest BCUT2D eigenvalue weighted by molar-refractivity contribution is 5.79. The molecule has 0 aromatic rings. The Bertz CT molecular complexity index is 343. The maximum atomic E-state index is 12.3. The topological polar surface area (TPSA) is 60.9 Å². The van der Waals surface area contributed by atoms with Gasteiger partial charge in [0.15, 0.2) is 0 Å². The van der Waals surface area contributed by atoms with Crippen LogP contribution in [0.1, 0.15) is 39.5 Å². The SMILES string of the molecule is CC1CCCC(C)N1C(=O)CN1CC(CC(=O)O)C1. The van der Waals surface area contributed by atoms with E-state index < -0.39 is 5.97 Å². The third-order valence-corrected chi connectivity index (χ3v) is 4.34. The third kappa shape index (κ3) is 3.47. The molecule has 0 bridgehead atoms. The second-order valence-electron chi connectivity index (χ2n) is 6.09. The molecule has 5 nitrogen and oxygen atoms in total. The van der Waals surface area contributed by atoms with Gasteiger partial charge in [-0.3, -0.25) is 14.5 Å². The zero-order valence-corrected chi connectivity index (χ0v) is 11.8. The molecule has 0 saturated carbocycles. The predicted molar refractivity (Wildman–Crippen MR) is 71.8 cm³/mol. The van der Waals surface area contributed by atoms with Crippen LogP contribution in [0.5, 0.6) is 0 Å². The van der Waals surface area contributed by atoms with E-state index >= 15 is 0 Å². The van der Waals surface area contributed by atoms with Crippen LogP contribution in [0.25, 0.3) is 0 Å². The highest BCUT2D eigenvalue weighted by atomic mass is 16.4. The first-order valence-electron chi connectivity index (χ1n) is 7.22. The quantitative estimate of drug-likeness (QED) is 0.832. The lowest BCUT2D eigenvalue weighted by Crippen LogP contribution is -2.55. The van der Waals surface area contributed by atoms with Crippen molar-refractivity contribution in [1.29, 1.82) is 0 Å². The summed E-state index contributed by atoms with van der Waals surface area (Å²) in [7, 11) is 0. The summed E-state index contributed by atoms with van der Waals surface area (Å²) in [6.07, 6.45) is 3.62. The van der Waals surface area contributed by atoms with Gasteiger partial charge in [-0.15, -0.1) is 0 Å². The number of aliphatic carboxylic acids is 1. The number of carbonyl (C=O) groups excluding carboxylic acids is 1. The zero-order valence-electron chi connectivity index (χ0n) is 11.8. The van der Waals surface area contributed by atoms with Gasteiger partial charge < -0.3 is 10.0 Å². The molecule has 0 aromatic carbocycles. The van der Waals surface area contributed by atoms with E-state index in [0.717, 1.165) is 25.9 Å². The van der Waals surface area contributed by atoms with Crippen molar-refractivity contribution in [2.24, 2.45) is 5.92 Å². The minimum Gasteiger partial charge on any atom is -0.481 e. The van der Waals surface area contributed by atoms with Gasteiger partial charge in [0, 0.05) is 25.2 Å². The molecule has 1 amide bonds. The van der Waals surface area contributed by atoms with Crippen LogP contribution < -0.4 is 0 Å². The molecule has 108 valence electrons. The number of rotatable bonds is 4. The monoisotopic (exact) mass is 268 g/mol. The number of amides is 1. The predicted octanol–water partition coefficient (Wildman–Crippen LogP) is 1.18. The summed E-state index contributed by atoms with van der Waals surface area (Å²) in [5.41, 5.74) is 0. The minimum absolute atomic E-state index is 0.202. The lowest BCUT2D eigenvalue weighted by molar-refractivity contribution is -0.142. The van der Waals surface area contributed by atoms with Crippen LogP contribution in [0.4, 0.5) is 0 Å².